The van der Waals surface area contributed by atoms with Crippen LogP contribution in [0.4, 0.5) is 0 Å². The average Bonchev–Trinajstić information content (AvgIpc) is 1.88. The molecule has 0 aromatic heterocycles. The van der Waals surface area contributed by atoms with Crippen molar-refractivity contribution >= 4 is 5.97 Å². The monoisotopic (exact) mass is 162 g/mol. The zero-order chi connectivity index (χ0) is 7.56. The molecule has 0 spiro atoms. The smallest absolute Gasteiger partial charge is 1.00 e. The molecule has 1 aromatic rings. The largest absolute Gasteiger partial charge is 1.00 e. The van der Waals surface area contributed by atoms with Crippen molar-refractivity contribution in [3.05, 3.63) is 29.8 Å². The molecule has 3 nitrogen and oxygen atoms in total. The van der Waals surface area contributed by atoms with Crippen LogP contribution in [0.3, 0.4) is 0 Å². The molecule has 11 heavy (non-hydrogen) atoms. The second-order valence-electron chi connectivity index (χ2n) is 1.85. The average molecular weight is 162 g/mol. The summed E-state index contributed by atoms with van der Waals surface area (Å²) in [6.45, 7) is 0. The van der Waals surface area contributed by atoms with E-state index in [0.717, 1.165) is 0 Å². The third kappa shape index (κ3) is 2.93. The van der Waals surface area contributed by atoms with E-state index in [1.54, 1.807) is 0 Å². The molecule has 0 aliphatic rings. The number of hydrogen-bond acceptors (Lipinski definition) is 2. The summed E-state index contributed by atoms with van der Waals surface area (Å²) in [5.41, 5.74) is 0.179. The van der Waals surface area contributed by atoms with Crippen LogP contribution in [0, 0.1) is 0 Å². The van der Waals surface area contributed by atoms with Gasteiger partial charge in [-0.2, -0.15) is 0 Å². The number of aromatic carboxylic acids is 1. The Hall–Kier alpha value is -0.510. The van der Waals surface area contributed by atoms with Crippen LogP contribution in [0.15, 0.2) is 24.3 Å². The third-order valence-electron chi connectivity index (χ3n) is 1.11. The molecule has 0 radical (unpaired) electrons. The number of benzene rings is 1. The van der Waals surface area contributed by atoms with E-state index >= 15 is 0 Å². The number of carbonyl (C=O) groups is 1. The maximum atomic E-state index is 10.2. The van der Waals surface area contributed by atoms with Crippen LogP contribution in [0.1, 0.15) is 11.8 Å². The van der Waals surface area contributed by atoms with E-state index in [9.17, 15) is 4.79 Å². The van der Waals surface area contributed by atoms with Gasteiger partial charge in [0.1, 0.15) is 5.75 Å². The second-order valence-corrected chi connectivity index (χ2v) is 1.85. The van der Waals surface area contributed by atoms with E-state index in [1.165, 1.54) is 24.3 Å². The Balaban J connectivity index is 0. The molecule has 54 valence electrons. The van der Waals surface area contributed by atoms with Crippen molar-refractivity contribution < 1.29 is 46.0 Å². The van der Waals surface area contributed by atoms with Gasteiger partial charge in [-0.15, -0.1) is 0 Å². The van der Waals surface area contributed by atoms with Crippen LogP contribution in [0.5, 0.6) is 5.75 Å². The van der Waals surface area contributed by atoms with Crippen molar-refractivity contribution in [2.45, 2.75) is 0 Å². The minimum absolute atomic E-state index is 0. The number of phenolic OH excluding ortho intramolecular Hbond substituents is 1. The number of aromatic hydroxyl groups is 1. The van der Waals surface area contributed by atoms with Gasteiger partial charge in [-0.1, -0.05) is 0 Å². The standard InChI is InChI=1S/C7H6O3.Na.H/c8-6-3-1-5(2-4-6)7(9)10;;/h1-4,8H,(H,9,10);;/q;+1;-1. The van der Waals surface area contributed by atoms with Gasteiger partial charge in [-0.3, -0.25) is 0 Å². The normalized spacial score (nSPS) is 8.36. The molecular weight excluding hydrogens is 155 g/mol. The Morgan fingerprint density at radius 1 is 1.27 bits per heavy atom. The molecule has 0 aliphatic heterocycles. The molecule has 0 atom stereocenters. The summed E-state index contributed by atoms with van der Waals surface area (Å²) in [4.78, 5) is 10.2. The summed E-state index contributed by atoms with van der Waals surface area (Å²) in [5.74, 6) is -0.912. The van der Waals surface area contributed by atoms with Crippen molar-refractivity contribution in [2.24, 2.45) is 0 Å². The molecule has 0 heterocycles. The quantitative estimate of drug-likeness (QED) is 0.479. The van der Waals surface area contributed by atoms with Gasteiger partial charge in [0.15, 0.2) is 0 Å². The molecule has 1 rings (SSSR count). The van der Waals surface area contributed by atoms with Crippen LogP contribution in [-0.2, 0) is 0 Å². The van der Waals surface area contributed by atoms with E-state index < -0.39 is 5.97 Å². The molecule has 1 aromatic carbocycles. The second kappa shape index (κ2) is 4.38. The van der Waals surface area contributed by atoms with Crippen molar-refractivity contribution in [2.75, 3.05) is 0 Å². The summed E-state index contributed by atoms with van der Waals surface area (Å²) in [6, 6.07) is 5.36. The van der Waals surface area contributed by atoms with Crippen molar-refractivity contribution in [3.8, 4) is 5.75 Å². The fraction of sp³-hybridized carbons (Fsp3) is 0. The summed E-state index contributed by atoms with van der Waals surface area (Å²) in [6.07, 6.45) is 0. The maximum Gasteiger partial charge on any atom is 1.00 e. The predicted octanol–water partition coefficient (Wildman–Crippen LogP) is -1.79. The molecule has 0 aliphatic carbocycles. The SMILES string of the molecule is O=C(O)c1ccc(O)cc1.[H-].[Na+]. The first-order valence-corrected chi connectivity index (χ1v) is 2.72. The summed E-state index contributed by atoms with van der Waals surface area (Å²) < 4.78 is 0. The van der Waals surface area contributed by atoms with E-state index in [1.807, 2.05) is 0 Å². The Kier molecular flexibility index (Phi) is 4.18. The van der Waals surface area contributed by atoms with Gasteiger partial charge in [0.05, 0.1) is 5.56 Å². The van der Waals surface area contributed by atoms with Crippen LogP contribution in [0.2, 0.25) is 0 Å². The number of carboxylic acids is 1. The van der Waals surface area contributed by atoms with Gasteiger partial charge < -0.3 is 11.6 Å². The molecule has 0 fully saturated rings. The minimum Gasteiger partial charge on any atom is -1.00 e. The van der Waals surface area contributed by atoms with E-state index in [2.05, 4.69) is 0 Å². The fourth-order valence-corrected chi connectivity index (χ4v) is 0.604. The van der Waals surface area contributed by atoms with E-state index in [-0.39, 0.29) is 42.3 Å². The zero-order valence-electron chi connectivity index (χ0n) is 7.11. The first-order chi connectivity index (χ1) is 4.70. The van der Waals surface area contributed by atoms with Gasteiger partial charge >= 0.3 is 35.5 Å². The minimum atomic E-state index is -0.986. The third-order valence-corrected chi connectivity index (χ3v) is 1.11. The summed E-state index contributed by atoms with van der Waals surface area (Å²) in [7, 11) is 0. The van der Waals surface area contributed by atoms with Gasteiger partial charge in [-0.05, 0) is 24.3 Å². The van der Waals surface area contributed by atoms with Crippen molar-refractivity contribution in [3.63, 3.8) is 0 Å². The molecule has 2 N–H and O–H groups in total. The first-order valence-electron chi connectivity index (χ1n) is 2.72. The van der Waals surface area contributed by atoms with E-state index in [0.29, 0.717) is 0 Å². The van der Waals surface area contributed by atoms with Crippen LogP contribution in [0.25, 0.3) is 0 Å². The molecule has 0 saturated carbocycles. The molecule has 0 saturated heterocycles. The first kappa shape index (κ1) is 10.5. The zero-order valence-corrected chi connectivity index (χ0v) is 8.11. The predicted molar refractivity (Wildman–Crippen MR) is 36.2 cm³/mol. The van der Waals surface area contributed by atoms with Crippen molar-refractivity contribution in [1.29, 1.82) is 0 Å². The molecular formula is C7H7NaO3. The van der Waals surface area contributed by atoms with E-state index in [4.69, 9.17) is 10.2 Å². The molecule has 0 bridgehead atoms. The number of hydrogen-bond donors (Lipinski definition) is 2. The number of rotatable bonds is 1. The van der Waals surface area contributed by atoms with Crippen molar-refractivity contribution in [1.82, 2.24) is 0 Å². The van der Waals surface area contributed by atoms with Crippen LogP contribution >= 0.6 is 0 Å². The topological polar surface area (TPSA) is 57.5 Å². The Bertz CT molecular complexity index is 247. The number of phenols is 1. The Labute approximate surface area is 87.4 Å². The molecule has 0 unspecified atom stereocenters. The van der Waals surface area contributed by atoms with Gasteiger partial charge in [0.25, 0.3) is 0 Å². The Morgan fingerprint density at radius 2 is 1.73 bits per heavy atom. The van der Waals surface area contributed by atoms with Crippen LogP contribution in [-0.4, -0.2) is 16.2 Å². The van der Waals surface area contributed by atoms with Gasteiger partial charge in [0, 0.05) is 0 Å². The molecule has 4 heteroatoms. The van der Waals surface area contributed by atoms with Gasteiger partial charge in [-0.25, -0.2) is 4.79 Å². The summed E-state index contributed by atoms with van der Waals surface area (Å²) >= 11 is 0. The number of carboxylic acid groups (broad SMARTS) is 1. The summed E-state index contributed by atoms with van der Waals surface area (Å²) in [5, 5.41) is 17.1. The van der Waals surface area contributed by atoms with Gasteiger partial charge in [0.2, 0.25) is 0 Å². The maximum absolute atomic E-state index is 10.2. The van der Waals surface area contributed by atoms with Crippen LogP contribution < -0.4 is 29.6 Å². The fourth-order valence-electron chi connectivity index (χ4n) is 0.604. The molecule has 0 amide bonds. The Morgan fingerprint density at radius 3 is 2.09 bits per heavy atom.